The van der Waals surface area contributed by atoms with Crippen molar-refractivity contribution in [3.8, 4) is 10.6 Å². The Kier molecular flexibility index (Phi) is 3.59. The topological polar surface area (TPSA) is 79.4 Å². The third-order valence-corrected chi connectivity index (χ3v) is 3.58. The summed E-state index contributed by atoms with van der Waals surface area (Å²) in [5.41, 5.74) is 6.71. The van der Waals surface area contributed by atoms with Gasteiger partial charge in [0.1, 0.15) is 0 Å². The Hall–Kier alpha value is -1.92. The third kappa shape index (κ3) is 2.49. The van der Waals surface area contributed by atoms with E-state index in [-0.39, 0.29) is 0 Å². The lowest BCUT2D eigenvalue weighted by Gasteiger charge is -2.19. The van der Waals surface area contributed by atoms with Crippen LogP contribution in [0.25, 0.3) is 10.6 Å². The number of nitrogens with two attached hydrogens (primary N) is 1. The summed E-state index contributed by atoms with van der Waals surface area (Å²) in [5.74, 6) is 0. The average molecular weight is 263 g/mol. The number of thiophene rings is 1. The van der Waals surface area contributed by atoms with Gasteiger partial charge in [0.05, 0.1) is 16.6 Å². The number of pyridine rings is 1. The van der Waals surface area contributed by atoms with Gasteiger partial charge in [0.15, 0.2) is 0 Å². The maximum Gasteiger partial charge on any atom is 0.339 e. The van der Waals surface area contributed by atoms with Crippen LogP contribution in [0, 0.1) is 0 Å². The van der Waals surface area contributed by atoms with Crippen LogP contribution in [-0.4, -0.2) is 21.3 Å². The molecule has 2 aromatic heterocycles. The molecule has 0 saturated heterocycles. The van der Waals surface area contributed by atoms with Gasteiger partial charge >= 0.3 is 6.03 Å². The molecule has 0 saturated carbocycles. The molecular formula is C12H13N3O2S. The number of primary amides is 1. The Morgan fingerprint density at radius 2 is 2.33 bits per heavy atom. The van der Waals surface area contributed by atoms with Crippen molar-refractivity contribution in [2.24, 2.45) is 5.73 Å². The van der Waals surface area contributed by atoms with Crippen LogP contribution in [0.15, 0.2) is 35.8 Å². The molecule has 1 atom stereocenters. The first-order valence-corrected chi connectivity index (χ1v) is 6.25. The second kappa shape index (κ2) is 5.16. The normalized spacial score (nSPS) is 12.1. The molecule has 0 fully saturated rings. The molecule has 0 aromatic carbocycles. The molecule has 2 rings (SSSR count). The standard InChI is InChI=1S/C12H13N3O2S/c1-8(15(17)12(13)16)9-6-11(18-7-9)10-4-2-3-5-14-10/h2-8,17H,1H3,(H2,13,16). The number of hydrogen-bond donors (Lipinski definition) is 2. The van der Waals surface area contributed by atoms with Crippen molar-refractivity contribution >= 4 is 17.4 Å². The molecular weight excluding hydrogens is 250 g/mol. The highest BCUT2D eigenvalue weighted by molar-refractivity contribution is 7.13. The molecule has 0 radical (unpaired) electrons. The average Bonchev–Trinajstić information content (AvgIpc) is 2.87. The van der Waals surface area contributed by atoms with Crippen molar-refractivity contribution in [3.63, 3.8) is 0 Å². The Balaban J connectivity index is 2.23. The first kappa shape index (κ1) is 12.5. The predicted molar refractivity (Wildman–Crippen MR) is 69.2 cm³/mol. The van der Waals surface area contributed by atoms with Crippen LogP contribution in [0.2, 0.25) is 0 Å². The maximum absolute atomic E-state index is 10.9. The molecule has 2 amide bonds. The molecule has 5 nitrogen and oxygen atoms in total. The van der Waals surface area contributed by atoms with Crippen LogP contribution in [0.1, 0.15) is 18.5 Å². The summed E-state index contributed by atoms with van der Waals surface area (Å²) in [6.45, 7) is 1.70. The molecule has 0 aliphatic carbocycles. The van der Waals surface area contributed by atoms with Gasteiger partial charge in [-0.15, -0.1) is 11.3 Å². The highest BCUT2D eigenvalue weighted by Crippen LogP contribution is 2.30. The molecule has 0 spiro atoms. The quantitative estimate of drug-likeness (QED) is 0.660. The summed E-state index contributed by atoms with van der Waals surface area (Å²) in [5, 5.41) is 11.9. The molecule has 94 valence electrons. The molecule has 2 aromatic rings. The van der Waals surface area contributed by atoms with Gasteiger partial charge in [0.25, 0.3) is 0 Å². The lowest BCUT2D eigenvalue weighted by molar-refractivity contribution is -0.0708. The fourth-order valence-corrected chi connectivity index (χ4v) is 2.52. The number of hydroxylamine groups is 2. The Morgan fingerprint density at radius 1 is 1.56 bits per heavy atom. The molecule has 0 aliphatic heterocycles. The van der Waals surface area contributed by atoms with Gasteiger partial charge in [-0.3, -0.25) is 10.2 Å². The number of carbonyl (C=O) groups is 1. The minimum Gasteiger partial charge on any atom is -0.350 e. The van der Waals surface area contributed by atoms with Gasteiger partial charge in [0, 0.05) is 6.20 Å². The number of nitrogens with zero attached hydrogens (tertiary/aromatic N) is 2. The highest BCUT2D eigenvalue weighted by Gasteiger charge is 2.18. The Morgan fingerprint density at radius 3 is 2.94 bits per heavy atom. The van der Waals surface area contributed by atoms with Gasteiger partial charge in [-0.2, -0.15) is 5.06 Å². The van der Waals surface area contributed by atoms with Gasteiger partial charge in [-0.05, 0) is 36.1 Å². The van der Waals surface area contributed by atoms with Crippen molar-refractivity contribution in [1.29, 1.82) is 0 Å². The fraction of sp³-hybridized carbons (Fsp3) is 0.167. The molecule has 3 N–H and O–H groups in total. The summed E-state index contributed by atoms with van der Waals surface area (Å²) in [7, 11) is 0. The zero-order valence-corrected chi connectivity index (χ0v) is 10.6. The van der Waals surface area contributed by atoms with Crippen molar-refractivity contribution in [1.82, 2.24) is 10.0 Å². The summed E-state index contributed by atoms with van der Waals surface area (Å²) in [6, 6.07) is 6.22. The Labute approximate surface area is 108 Å². The van der Waals surface area contributed by atoms with E-state index in [4.69, 9.17) is 5.73 Å². The zero-order valence-electron chi connectivity index (χ0n) is 9.78. The molecule has 0 bridgehead atoms. The van der Waals surface area contributed by atoms with Crippen LogP contribution in [0.5, 0.6) is 0 Å². The molecule has 2 heterocycles. The summed E-state index contributed by atoms with van der Waals surface area (Å²) >= 11 is 1.51. The van der Waals surface area contributed by atoms with Crippen LogP contribution in [0.4, 0.5) is 4.79 Å². The third-order valence-electron chi connectivity index (χ3n) is 2.61. The van der Waals surface area contributed by atoms with Gasteiger partial charge in [0.2, 0.25) is 0 Å². The van der Waals surface area contributed by atoms with E-state index in [1.165, 1.54) is 11.3 Å². The first-order chi connectivity index (χ1) is 8.59. The van der Waals surface area contributed by atoms with E-state index in [1.54, 1.807) is 13.1 Å². The predicted octanol–water partition coefficient (Wildman–Crippen LogP) is 2.64. The minimum atomic E-state index is -0.868. The van der Waals surface area contributed by atoms with Crippen LogP contribution in [0.3, 0.4) is 0 Å². The number of rotatable bonds is 3. The highest BCUT2D eigenvalue weighted by atomic mass is 32.1. The van der Waals surface area contributed by atoms with Crippen LogP contribution < -0.4 is 5.73 Å². The number of hydrogen-bond acceptors (Lipinski definition) is 4. The minimum absolute atomic E-state index is 0.476. The van der Waals surface area contributed by atoms with E-state index in [9.17, 15) is 10.0 Å². The van der Waals surface area contributed by atoms with E-state index in [2.05, 4.69) is 4.98 Å². The van der Waals surface area contributed by atoms with Gasteiger partial charge in [-0.1, -0.05) is 6.07 Å². The van der Waals surface area contributed by atoms with Crippen molar-refractivity contribution in [2.75, 3.05) is 0 Å². The Bertz CT molecular complexity index is 541. The molecule has 1 unspecified atom stereocenters. The molecule has 6 heteroatoms. The van der Waals surface area contributed by atoms with E-state index in [0.717, 1.165) is 16.1 Å². The van der Waals surface area contributed by atoms with Crippen molar-refractivity contribution in [2.45, 2.75) is 13.0 Å². The van der Waals surface area contributed by atoms with Crippen molar-refractivity contribution < 1.29 is 10.0 Å². The van der Waals surface area contributed by atoms with E-state index in [1.807, 2.05) is 29.6 Å². The monoisotopic (exact) mass is 263 g/mol. The van der Waals surface area contributed by atoms with Crippen molar-refractivity contribution in [3.05, 3.63) is 41.4 Å². The first-order valence-electron chi connectivity index (χ1n) is 5.37. The van der Waals surface area contributed by atoms with E-state index in [0.29, 0.717) is 5.06 Å². The summed E-state index contributed by atoms with van der Waals surface area (Å²) < 4.78 is 0. The van der Waals surface area contributed by atoms with E-state index >= 15 is 0 Å². The number of amides is 2. The fourth-order valence-electron chi connectivity index (χ4n) is 1.54. The van der Waals surface area contributed by atoms with Gasteiger partial charge < -0.3 is 5.73 Å². The van der Waals surface area contributed by atoms with Gasteiger partial charge in [-0.25, -0.2) is 4.79 Å². The van der Waals surface area contributed by atoms with E-state index < -0.39 is 12.1 Å². The SMILES string of the molecule is CC(c1csc(-c2ccccn2)c1)N(O)C(N)=O. The smallest absolute Gasteiger partial charge is 0.339 e. The number of aromatic nitrogens is 1. The lowest BCUT2D eigenvalue weighted by atomic mass is 10.1. The number of carbonyl (C=O) groups excluding carboxylic acids is 1. The zero-order chi connectivity index (χ0) is 13.1. The van der Waals surface area contributed by atoms with Crippen LogP contribution in [-0.2, 0) is 0 Å². The summed E-state index contributed by atoms with van der Waals surface area (Å²) in [6.07, 6.45) is 1.72. The van der Waals surface area contributed by atoms with Crippen LogP contribution >= 0.6 is 11.3 Å². The lowest BCUT2D eigenvalue weighted by Crippen LogP contribution is -2.34. The second-order valence-corrected chi connectivity index (χ2v) is 4.73. The molecule has 18 heavy (non-hydrogen) atoms. The number of urea groups is 1. The second-order valence-electron chi connectivity index (χ2n) is 3.82. The maximum atomic E-state index is 10.9. The summed E-state index contributed by atoms with van der Waals surface area (Å²) in [4.78, 5) is 16.1. The largest absolute Gasteiger partial charge is 0.350 e. The molecule has 0 aliphatic rings.